The van der Waals surface area contributed by atoms with E-state index in [9.17, 15) is 14.4 Å². The molecular formula is C24H24ClN7O5. The number of carboxylic acids is 1. The molecule has 37 heavy (non-hydrogen) atoms. The lowest BCUT2D eigenvalue weighted by molar-refractivity contribution is -0.139. The maximum absolute atomic E-state index is 12.8. The molecule has 0 aliphatic heterocycles. The summed E-state index contributed by atoms with van der Waals surface area (Å²) in [6.07, 6.45) is 2.18. The number of ketones is 1. The highest BCUT2D eigenvalue weighted by Gasteiger charge is 2.21. The Morgan fingerprint density at radius 3 is 2.54 bits per heavy atom. The number of halogens is 1. The Hall–Kier alpha value is -4.42. The number of carbonyl (C=O) groups is 3. The van der Waals surface area contributed by atoms with Gasteiger partial charge in [-0.2, -0.15) is 0 Å². The monoisotopic (exact) mass is 525 g/mol. The average molecular weight is 526 g/mol. The fraction of sp³-hybridized carbons (Fsp3) is 0.208. The molecule has 0 saturated carbocycles. The van der Waals surface area contributed by atoms with E-state index in [1.54, 1.807) is 6.07 Å². The molecule has 12 nitrogen and oxygen atoms in total. The molecule has 1 unspecified atom stereocenters. The summed E-state index contributed by atoms with van der Waals surface area (Å²) in [6.45, 7) is -0.148. The largest absolute Gasteiger partial charge is 0.481 e. The van der Waals surface area contributed by atoms with Crippen molar-refractivity contribution in [1.29, 1.82) is 0 Å². The smallest absolute Gasteiger partial charge is 0.420 e. The van der Waals surface area contributed by atoms with E-state index in [-0.39, 0.29) is 32.0 Å². The summed E-state index contributed by atoms with van der Waals surface area (Å²) in [7, 11) is 0. The van der Waals surface area contributed by atoms with Crippen molar-refractivity contribution in [3.63, 3.8) is 0 Å². The number of tetrazole rings is 1. The molecular weight excluding hydrogens is 502 g/mol. The first-order valence-electron chi connectivity index (χ1n) is 11.0. The van der Waals surface area contributed by atoms with Gasteiger partial charge in [0.15, 0.2) is 11.6 Å². The third-order valence-corrected chi connectivity index (χ3v) is 5.37. The molecule has 3 N–H and O–H groups in total. The van der Waals surface area contributed by atoms with Gasteiger partial charge >= 0.3 is 12.1 Å². The van der Waals surface area contributed by atoms with Crippen LogP contribution in [-0.2, 0) is 33.9 Å². The summed E-state index contributed by atoms with van der Waals surface area (Å²) in [4.78, 5) is 40.3. The topological polar surface area (TPSA) is 168 Å². The molecule has 0 spiro atoms. The van der Waals surface area contributed by atoms with E-state index in [1.807, 2.05) is 48.5 Å². The molecule has 0 amide bonds. The van der Waals surface area contributed by atoms with Gasteiger partial charge in [0.05, 0.1) is 12.5 Å². The van der Waals surface area contributed by atoms with Crippen LogP contribution in [0.1, 0.15) is 23.4 Å². The Morgan fingerprint density at radius 2 is 1.78 bits per heavy atom. The molecule has 4 aromatic rings. The lowest BCUT2D eigenvalue weighted by Crippen LogP contribution is -2.36. The van der Waals surface area contributed by atoms with E-state index in [4.69, 9.17) is 15.6 Å². The molecule has 2 heterocycles. The molecule has 1 atom stereocenters. The van der Waals surface area contributed by atoms with Crippen molar-refractivity contribution >= 4 is 30.3 Å². The molecule has 0 aliphatic carbocycles. The Morgan fingerprint density at radius 1 is 1.05 bits per heavy atom. The molecule has 0 saturated heterocycles. The SMILES string of the molecule is Cl.NC(CC(=O)O)C(=O)Cn1nnnc1Cc1ccccc1-c1nccn1C(=O)OCc1ccccc1. The minimum Gasteiger partial charge on any atom is -0.481 e. The van der Waals surface area contributed by atoms with Crippen molar-refractivity contribution in [2.24, 2.45) is 5.73 Å². The highest BCUT2D eigenvalue weighted by Crippen LogP contribution is 2.24. The second kappa shape index (κ2) is 12.5. The number of Topliss-reactive ketones (excluding diaryl/α,β-unsaturated/α-hetero) is 1. The second-order valence-electron chi connectivity index (χ2n) is 7.92. The number of benzene rings is 2. The standard InChI is InChI=1S/C24H23N7O5.ClH/c25-19(13-22(33)34)20(32)14-31-21(27-28-29-31)12-17-8-4-5-9-18(17)23-26-10-11-30(23)24(35)36-15-16-6-2-1-3-7-16;/h1-11,19H,12-15,25H2,(H,33,34);1H. The number of hydrogen-bond acceptors (Lipinski definition) is 9. The van der Waals surface area contributed by atoms with E-state index in [0.29, 0.717) is 17.2 Å². The second-order valence-corrected chi connectivity index (χ2v) is 7.92. The number of rotatable bonds is 10. The zero-order chi connectivity index (χ0) is 25.5. The van der Waals surface area contributed by atoms with Crippen LogP contribution in [-0.4, -0.2) is 58.8 Å². The van der Waals surface area contributed by atoms with E-state index >= 15 is 0 Å². The quantitative estimate of drug-likeness (QED) is 0.312. The van der Waals surface area contributed by atoms with Gasteiger partial charge in [0.2, 0.25) is 0 Å². The lowest BCUT2D eigenvalue weighted by Gasteiger charge is -2.12. The van der Waals surface area contributed by atoms with Crippen LogP contribution in [0.4, 0.5) is 4.79 Å². The molecule has 13 heteroatoms. The Kier molecular flexibility index (Phi) is 9.19. The van der Waals surface area contributed by atoms with Crippen molar-refractivity contribution in [3.05, 3.63) is 83.9 Å². The van der Waals surface area contributed by atoms with Crippen LogP contribution >= 0.6 is 12.4 Å². The number of aromatic nitrogens is 6. The summed E-state index contributed by atoms with van der Waals surface area (Å²) >= 11 is 0. The number of carboxylic acid groups (broad SMARTS) is 1. The number of hydrogen-bond donors (Lipinski definition) is 2. The summed E-state index contributed by atoms with van der Waals surface area (Å²) < 4.78 is 8.05. The number of aliphatic carboxylic acids is 1. The maximum Gasteiger partial charge on any atom is 0.420 e. The summed E-state index contributed by atoms with van der Waals surface area (Å²) in [5.41, 5.74) is 7.93. The van der Waals surface area contributed by atoms with Gasteiger partial charge in [-0.3, -0.25) is 9.59 Å². The summed E-state index contributed by atoms with van der Waals surface area (Å²) in [6, 6.07) is 15.4. The van der Waals surface area contributed by atoms with Crippen LogP contribution in [0.5, 0.6) is 0 Å². The molecule has 4 rings (SSSR count). The van der Waals surface area contributed by atoms with Crippen LogP contribution < -0.4 is 5.73 Å². The van der Waals surface area contributed by atoms with Crippen molar-refractivity contribution in [2.45, 2.75) is 32.0 Å². The molecule has 2 aromatic carbocycles. The Bertz CT molecular complexity index is 1370. The van der Waals surface area contributed by atoms with Crippen LogP contribution in [0.3, 0.4) is 0 Å². The third-order valence-electron chi connectivity index (χ3n) is 5.37. The Balaban J connectivity index is 0.00000380. The third kappa shape index (κ3) is 6.84. The first-order chi connectivity index (χ1) is 17.4. The summed E-state index contributed by atoms with van der Waals surface area (Å²) in [5.74, 6) is -0.930. The zero-order valence-corrected chi connectivity index (χ0v) is 20.3. The fourth-order valence-corrected chi connectivity index (χ4v) is 3.54. The van der Waals surface area contributed by atoms with Gasteiger partial charge in [-0.05, 0) is 21.6 Å². The number of nitrogens with two attached hydrogens (primary N) is 1. The first kappa shape index (κ1) is 27.2. The molecule has 0 aliphatic rings. The molecule has 0 bridgehead atoms. The van der Waals surface area contributed by atoms with Crippen molar-refractivity contribution in [3.8, 4) is 11.4 Å². The fourth-order valence-electron chi connectivity index (χ4n) is 3.54. The average Bonchev–Trinajstić information content (AvgIpc) is 3.53. The van der Waals surface area contributed by atoms with Crippen LogP contribution in [0, 0.1) is 0 Å². The molecule has 192 valence electrons. The normalized spacial score (nSPS) is 11.4. The van der Waals surface area contributed by atoms with E-state index < -0.39 is 30.3 Å². The highest BCUT2D eigenvalue weighted by atomic mass is 35.5. The van der Waals surface area contributed by atoms with E-state index in [2.05, 4.69) is 20.5 Å². The lowest BCUT2D eigenvalue weighted by atomic mass is 10.0. The van der Waals surface area contributed by atoms with Crippen molar-refractivity contribution in [2.75, 3.05) is 0 Å². The van der Waals surface area contributed by atoms with Crippen molar-refractivity contribution < 1.29 is 24.2 Å². The van der Waals surface area contributed by atoms with Crippen LogP contribution in [0.2, 0.25) is 0 Å². The predicted molar refractivity (Wildman–Crippen MR) is 133 cm³/mol. The zero-order valence-electron chi connectivity index (χ0n) is 19.5. The van der Waals surface area contributed by atoms with Gasteiger partial charge in [-0.25, -0.2) is 19.0 Å². The highest BCUT2D eigenvalue weighted by molar-refractivity contribution is 5.87. The predicted octanol–water partition coefficient (Wildman–Crippen LogP) is 2.11. The minimum absolute atomic E-state index is 0. The van der Waals surface area contributed by atoms with E-state index in [0.717, 1.165) is 11.1 Å². The number of nitrogens with zero attached hydrogens (tertiary/aromatic N) is 6. The van der Waals surface area contributed by atoms with Gasteiger partial charge in [-0.1, -0.05) is 54.6 Å². The van der Waals surface area contributed by atoms with Crippen LogP contribution in [0.15, 0.2) is 67.0 Å². The van der Waals surface area contributed by atoms with Crippen LogP contribution in [0.25, 0.3) is 11.4 Å². The maximum atomic E-state index is 12.8. The summed E-state index contributed by atoms with van der Waals surface area (Å²) in [5, 5.41) is 20.3. The van der Waals surface area contributed by atoms with Crippen molar-refractivity contribution in [1.82, 2.24) is 29.8 Å². The number of ether oxygens (including phenoxy) is 1. The number of imidazole rings is 1. The minimum atomic E-state index is -1.17. The molecule has 0 fully saturated rings. The molecule has 0 radical (unpaired) electrons. The number of carbonyl (C=O) groups excluding carboxylic acids is 2. The van der Waals surface area contributed by atoms with Gasteiger partial charge in [0.1, 0.15) is 19.0 Å². The van der Waals surface area contributed by atoms with Gasteiger partial charge in [0, 0.05) is 24.4 Å². The Labute approximate surface area is 217 Å². The molecule has 2 aromatic heterocycles. The van der Waals surface area contributed by atoms with Gasteiger partial charge in [0.25, 0.3) is 0 Å². The van der Waals surface area contributed by atoms with Gasteiger partial charge in [-0.15, -0.1) is 17.5 Å². The first-order valence-corrected chi connectivity index (χ1v) is 11.0. The van der Waals surface area contributed by atoms with E-state index in [1.165, 1.54) is 21.6 Å². The van der Waals surface area contributed by atoms with Gasteiger partial charge < -0.3 is 15.6 Å².